The molecule has 0 aliphatic carbocycles. The highest BCUT2D eigenvalue weighted by atomic mass is 19.1. The van der Waals surface area contributed by atoms with Crippen molar-refractivity contribution in [3.63, 3.8) is 0 Å². The van der Waals surface area contributed by atoms with E-state index in [0.29, 0.717) is 12.0 Å². The van der Waals surface area contributed by atoms with Crippen molar-refractivity contribution in [1.29, 1.82) is 0 Å². The van der Waals surface area contributed by atoms with Gasteiger partial charge in [-0.05, 0) is 18.1 Å². The molecule has 1 rings (SSSR count). The van der Waals surface area contributed by atoms with E-state index in [1.807, 2.05) is 5.43 Å². The molecule has 0 radical (unpaired) electrons. The first-order valence-corrected chi connectivity index (χ1v) is 3.97. The lowest BCUT2D eigenvalue weighted by atomic mass is 10.1. The molecule has 0 unspecified atom stereocenters. The van der Waals surface area contributed by atoms with Crippen LogP contribution in [0.4, 0.5) is 4.39 Å². The summed E-state index contributed by atoms with van der Waals surface area (Å²) in [4.78, 5) is 10.7. The average Bonchev–Trinajstić information content (AvgIpc) is 2.16. The van der Waals surface area contributed by atoms with Crippen molar-refractivity contribution in [2.75, 3.05) is 0 Å². The summed E-state index contributed by atoms with van der Waals surface area (Å²) in [6.45, 7) is 0. The number of carbonyl (C=O) groups is 1. The van der Waals surface area contributed by atoms with Gasteiger partial charge in [-0.1, -0.05) is 18.2 Å². The maximum absolute atomic E-state index is 13.0. The van der Waals surface area contributed by atoms with Crippen molar-refractivity contribution in [1.82, 2.24) is 5.43 Å². The monoisotopic (exact) mass is 182 g/mol. The summed E-state index contributed by atoms with van der Waals surface area (Å²) in [7, 11) is 0. The number of rotatable bonds is 3. The largest absolute Gasteiger partial charge is 0.294 e. The van der Waals surface area contributed by atoms with Gasteiger partial charge < -0.3 is 0 Å². The minimum atomic E-state index is -0.289. The van der Waals surface area contributed by atoms with Crippen LogP contribution in [0, 0.1) is 5.82 Å². The first-order chi connectivity index (χ1) is 6.24. The van der Waals surface area contributed by atoms with Crippen molar-refractivity contribution in [3.8, 4) is 0 Å². The van der Waals surface area contributed by atoms with Crippen molar-refractivity contribution in [3.05, 3.63) is 35.6 Å². The van der Waals surface area contributed by atoms with Crippen LogP contribution in [-0.4, -0.2) is 5.91 Å². The van der Waals surface area contributed by atoms with E-state index in [-0.39, 0.29) is 18.1 Å². The molecule has 0 aromatic heterocycles. The Labute approximate surface area is 75.7 Å². The molecule has 0 heterocycles. The molecule has 0 spiro atoms. The predicted molar refractivity (Wildman–Crippen MR) is 47.1 cm³/mol. The zero-order valence-corrected chi connectivity index (χ0v) is 7.09. The smallest absolute Gasteiger partial charge is 0.234 e. The Morgan fingerprint density at radius 1 is 1.46 bits per heavy atom. The fourth-order valence-electron chi connectivity index (χ4n) is 1.02. The van der Waals surface area contributed by atoms with Crippen LogP contribution in [0.15, 0.2) is 24.3 Å². The molecular weight excluding hydrogens is 171 g/mol. The zero-order valence-electron chi connectivity index (χ0n) is 7.09. The number of amides is 1. The molecular formula is C9H11FN2O. The van der Waals surface area contributed by atoms with Gasteiger partial charge in [-0.2, -0.15) is 0 Å². The third-order valence-corrected chi connectivity index (χ3v) is 1.74. The third-order valence-electron chi connectivity index (χ3n) is 1.74. The number of hydrogen-bond donors (Lipinski definition) is 2. The zero-order chi connectivity index (χ0) is 9.68. The normalized spacial score (nSPS) is 9.69. The number of aryl methyl sites for hydroxylation is 1. The molecule has 3 N–H and O–H groups in total. The molecule has 1 aromatic carbocycles. The molecule has 0 bridgehead atoms. The predicted octanol–water partition coefficient (Wildman–Crippen LogP) is 0.748. The number of hydrogen-bond acceptors (Lipinski definition) is 2. The van der Waals surface area contributed by atoms with Gasteiger partial charge >= 0.3 is 0 Å². The van der Waals surface area contributed by atoms with Gasteiger partial charge in [-0.25, -0.2) is 10.2 Å². The molecule has 0 fully saturated rings. The fraction of sp³-hybridized carbons (Fsp3) is 0.222. The van der Waals surface area contributed by atoms with Gasteiger partial charge in [0.2, 0.25) is 5.91 Å². The standard InChI is InChI=1S/C9H11FN2O/c10-8-4-2-1-3-7(8)5-6-9(13)12-11/h1-4H,5-6,11H2,(H,12,13). The van der Waals surface area contributed by atoms with Crippen LogP contribution in [0.25, 0.3) is 0 Å². The number of nitrogens with two attached hydrogens (primary N) is 1. The number of hydrazine groups is 1. The molecule has 0 aliphatic rings. The summed E-state index contributed by atoms with van der Waals surface area (Å²) in [6, 6.07) is 6.37. The summed E-state index contributed by atoms with van der Waals surface area (Å²) in [6.07, 6.45) is 0.577. The highest BCUT2D eigenvalue weighted by Crippen LogP contribution is 2.08. The van der Waals surface area contributed by atoms with E-state index in [1.165, 1.54) is 6.07 Å². The second kappa shape index (κ2) is 4.57. The second-order valence-electron chi connectivity index (χ2n) is 2.66. The van der Waals surface area contributed by atoms with E-state index in [9.17, 15) is 9.18 Å². The third kappa shape index (κ3) is 2.83. The molecule has 70 valence electrons. The Morgan fingerprint density at radius 3 is 2.77 bits per heavy atom. The Kier molecular flexibility index (Phi) is 3.40. The highest BCUT2D eigenvalue weighted by molar-refractivity contribution is 5.75. The minimum absolute atomic E-state index is 0.206. The molecule has 0 aliphatic heterocycles. The van der Waals surface area contributed by atoms with Gasteiger partial charge in [0, 0.05) is 6.42 Å². The minimum Gasteiger partial charge on any atom is -0.294 e. The second-order valence-corrected chi connectivity index (χ2v) is 2.66. The summed E-state index contributed by atoms with van der Waals surface area (Å²) in [5.74, 6) is 4.31. The van der Waals surface area contributed by atoms with Crippen LogP contribution in [0.1, 0.15) is 12.0 Å². The van der Waals surface area contributed by atoms with E-state index in [2.05, 4.69) is 0 Å². The van der Waals surface area contributed by atoms with Crippen LogP contribution < -0.4 is 11.3 Å². The molecule has 3 nitrogen and oxygen atoms in total. The molecule has 1 aromatic rings. The van der Waals surface area contributed by atoms with E-state index in [0.717, 1.165) is 0 Å². The van der Waals surface area contributed by atoms with E-state index in [4.69, 9.17) is 5.84 Å². The Morgan fingerprint density at radius 2 is 2.15 bits per heavy atom. The number of nitrogens with one attached hydrogen (secondary N) is 1. The van der Waals surface area contributed by atoms with Crippen molar-refractivity contribution in [2.24, 2.45) is 5.84 Å². The quantitative estimate of drug-likeness (QED) is 0.411. The van der Waals surface area contributed by atoms with E-state index >= 15 is 0 Å². The van der Waals surface area contributed by atoms with Gasteiger partial charge in [0.25, 0.3) is 0 Å². The van der Waals surface area contributed by atoms with Crippen LogP contribution in [0.5, 0.6) is 0 Å². The average molecular weight is 182 g/mol. The van der Waals surface area contributed by atoms with Gasteiger partial charge in [0.15, 0.2) is 0 Å². The molecule has 4 heteroatoms. The van der Waals surface area contributed by atoms with Crippen molar-refractivity contribution < 1.29 is 9.18 Å². The lowest BCUT2D eigenvalue weighted by molar-refractivity contribution is -0.121. The molecule has 13 heavy (non-hydrogen) atoms. The van der Waals surface area contributed by atoms with Gasteiger partial charge in [0.1, 0.15) is 5.82 Å². The number of benzene rings is 1. The SMILES string of the molecule is NNC(=O)CCc1ccccc1F. The van der Waals surface area contributed by atoms with Gasteiger partial charge in [0.05, 0.1) is 0 Å². The van der Waals surface area contributed by atoms with E-state index < -0.39 is 0 Å². The lowest BCUT2D eigenvalue weighted by Gasteiger charge is -2.01. The summed E-state index contributed by atoms with van der Waals surface area (Å²) >= 11 is 0. The highest BCUT2D eigenvalue weighted by Gasteiger charge is 2.03. The van der Waals surface area contributed by atoms with Crippen LogP contribution in [-0.2, 0) is 11.2 Å². The van der Waals surface area contributed by atoms with Crippen molar-refractivity contribution >= 4 is 5.91 Å². The number of carbonyl (C=O) groups excluding carboxylic acids is 1. The fourth-order valence-corrected chi connectivity index (χ4v) is 1.02. The molecule has 0 saturated heterocycles. The molecule has 1 amide bonds. The van der Waals surface area contributed by atoms with Gasteiger partial charge in [-0.15, -0.1) is 0 Å². The maximum atomic E-state index is 13.0. The van der Waals surface area contributed by atoms with Crippen LogP contribution in [0.2, 0.25) is 0 Å². The summed E-state index contributed by atoms with van der Waals surface area (Å²) < 4.78 is 13.0. The van der Waals surface area contributed by atoms with Crippen molar-refractivity contribution in [2.45, 2.75) is 12.8 Å². The van der Waals surface area contributed by atoms with Crippen LogP contribution >= 0.6 is 0 Å². The Hall–Kier alpha value is -1.42. The lowest BCUT2D eigenvalue weighted by Crippen LogP contribution is -2.30. The van der Waals surface area contributed by atoms with E-state index in [1.54, 1.807) is 18.2 Å². The maximum Gasteiger partial charge on any atom is 0.234 e. The number of halogens is 1. The first-order valence-electron chi connectivity index (χ1n) is 3.97. The summed E-state index contributed by atoms with van der Waals surface area (Å²) in [5, 5.41) is 0. The summed E-state index contributed by atoms with van der Waals surface area (Å²) in [5.41, 5.74) is 2.53. The Bertz CT molecular complexity index is 301. The molecule has 0 atom stereocenters. The van der Waals surface area contributed by atoms with Gasteiger partial charge in [-0.3, -0.25) is 10.2 Å². The van der Waals surface area contributed by atoms with Crippen LogP contribution in [0.3, 0.4) is 0 Å². The molecule has 0 saturated carbocycles. The first kappa shape index (κ1) is 9.67. The topological polar surface area (TPSA) is 55.1 Å². The Balaban J connectivity index is 2.54.